The molecule has 2 saturated heterocycles. The van der Waals surface area contributed by atoms with Gasteiger partial charge in [0.25, 0.3) is 0 Å². The number of nitrogens with zero attached hydrogens (tertiary/aromatic N) is 3. The lowest BCUT2D eigenvalue weighted by Gasteiger charge is -2.63. The molecule has 10 atom stereocenters. The molecule has 9 rings (SSSR count). The Labute approximate surface area is 383 Å². The minimum absolute atomic E-state index is 0.121. The van der Waals surface area contributed by atoms with Gasteiger partial charge in [0.05, 0.1) is 27.4 Å². The topological polar surface area (TPSA) is 154 Å². The molecule has 5 unspecified atom stereocenters. The zero-order chi connectivity index (χ0) is 46.4. The number of esters is 3. The van der Waals surface area contributed by atoms with Crippen molar-refractivity contribution >= 4 is 46.3 Å². The van der Waals surface area contributed by atoms with E-state index in [1.807, 2.05) is 55.3 Å². The van der Waals surface area contributed by atoms with Crippen LogP contribution in [0.2, 0.25) is 0 Å². The zero-order valence-corrected chi connectivity index (χ0v) is 39.2. The van der Waals surface area contributed by atoms with Gasteiger partial charge in [-0.25, -0.2) is 13.6 Å². The van der Waals surface area contributed by atoms with E-state index in [0.29, 0.717) is 68.1 Å². The molecule has 6 heterocycles. The number of halogens is 2. The summed E-state index contributed by atoms with van der Waals surface area (Å²) in [6.45, 7) is 6.56. The molecule has 3 fully saturated rings. The molecule has 2 aromatic carbocycles. The number of nitrogens with one attached hydrogen (secondary N) is 1. The lowest BCUT2D eigenvalue weighted by molar-refractivity contribution is -0.228. The number of H-pyrrole nitrogens is 1. The van der Waals surface area contributed by atoms with Crippen LogP contribution in [-0.2, 0) is 46.0 Å². The first kappa shape index (κ1) is 45.9. The van der Waals surface area contributed by atoms with Crippen molar-refractivity contribution in [2.75, 3.05) is 71.8 Å². The van der Waals surface area contributed by atoms with Crippen LogP contribution in [0.4, 0.5) is 14.5 Å². The Morgan fingerprint density at radius 2 is 1.80 bits per heavy atom. The third kappa shape index (κ3) is 6.61. The number of aliphatic hydroxyl groups excluding tert-OH is 1. The molecule has 16 heteroatoms. The Hall–Kier alpha value is -4.22. The van der Waals surface area contributed by atoms with Gasteiger partial charge in [-0.1, -0.05) is 19.1 Å². The summed E-state index contributed by atoms with van der Waals surface area (Å²) < 4.78 is 54.9. The first-order valence-corrected chi connectivity index (χ1v) is 23.9. The molecule has 5 aliphatic heterocycles. The number of piperidine rings is 1. The van der Waals surface area contributed by atoms with Crippen LogP contribution in [0, 0.1) is 17.3 Å². The number of hydrogen-bond donors (Lipinski definition) is 3. The molecule has 3 N–H and O–H groups in total. The number of carbonyl (C=O) groups excluding carboxylic acids is 3. The molecule has 2 bridgehead atoms. The fourth-order valence-corrected chi connectivity index (χ4v) is 14.7. The van der Waals surface area contributed by atoms with Gasteiger partial charge in [-0.05, 0) is 99.1 Å². The molecule has 1 aromatic heterocycles. The van der Waals surface area contributed by atoms with Crippen LogP contribution in [0.3, 0.4) is 0 Å². The number of fused-ring (bicyclic) bond motifs is 6. The number of aliphatic hydroxyl groups is 2. The second-order valence-corrected chi connectivity index (χ2v) is 20.6. The number of aromatic nitrogens is 1. The molecule has 1 spiro atoms. The van der Waals surface area contributed by atoms with E-state index in [0.717, 1.165) is 46.0 Å². The summed E-state index contributed by atoms with van der Waals surface area (Å²) in [6, 6.07) is 8.65. The molecular formula is C49H62F2N4O9S. The average molecular weight is 921 g/mol. The summed E-state index contributed by atoms with van der Waals surface area (Å²) in [5.41, 5.74) is -1.85. The molecule has 65 heavy (non-hydrogen) atoms. The molecule has 3 aromatic rings. The minimum Gasteiger partial charge on any atom is -0.496 e. The predicted molar refractivity (Wildman–Crippen MR) is 241 cm³/mol. The molecule has 0 radical (unpaired) electrons. The van der Waals surface area contributed by atoms with Gasteiger partial charge in [0, 0.05) is 108 Å². The third-order valence-corrected chi connectivity index (χ3v) is 17.2. The number of aromatic amines is 1. The summed E-state index contributed by atoms with van der Waals surface area (Å²) in [6.07, 6.45) is 5.48. The van der Waals surface area contributed by atoms with Gasteiger partial charge in [-0.2, -0.15) is 0 Å². The van der Waals surface area contributed by atoms with Gasteiger partial charge in [0.15, 0.2) is 6.10 Å². The number of unbranched alkanes of at least 4 members (excludes halogenated alkanes) is 1. The Balaban J connectivity index is 1.33. The normalized spacial score (nSPS) is 33.6. The van der Waals surface area contributed by atoms with Crippen LogP contribution in [-0.4, -0.2) is 140 Å². The van der Waals surface area contributed by atoms with Crippen molar-refractivity contribution in [2.24, 2.45) is 17.3 Å². The highest BCUT2D eigenvalue weighted by atomic mass is 32.2. The van der Waals surface area contributed by atoms with Crippen LogP contribution >= 0.6 is 11.8 Å². The molecule has 6 aliphatic rings. The summed E-state index contributed by atoms with van der Waals surface area (Å²) in [7, 11) is 5.94. The highest BCUT2D eigenvalue weighted by Gasteiger charge is 2.80. The minimum atomic E-state index is -2.97. The Kier molecular flexibility index (Phi) is 11.7. The number of alkyl halides is 2. The highest BCUT2D eigenvalue weighted by molar-refractivity contribution is 7.99. The van der Waals surface area contributed by atoms with Crippen LogP contribution < -0.4 is 9.64 Å². The van der Waals surface area contributed by atoms with Gasteiger partial charge in [0.2, 0.25) is 11.5 Å². The number of benzene rings is 2. The number of carbonyl (C=O) groups is 3. The van der Waals surface area contributed by atoms with Crippen molar-refractivity contribution in [1.82, 2.24) is 14.8 Å². The second-order valence-electron chi connectivity index (χ2n) is 19.5. The number of hydrogen-bond acceptors (Lipinski definition) is 13. The van der Waals surface area contributed by atoms with Crippen molar-refractivity contribution in [3.63, 3.8) is 0 Å². The highest BCUT2D eigenvalue weighted by Crippen LogP contribution is 2.68. The van der Waals surface area contributed by atoms with Gasteiger partial charge in [-0.3, -0.25) is 19.4 Å². The molecular weight excluding hydrogens is 859 g/mol. The number of likely N-dealkylation sites (N-methyl/N-ethyl adjacent to an activating group) is 1. The van der Waals surface area contributed by atoms with Crippen LogP contribution in [0.15, 0.2) is 47.4 Å². The summed E-state index contributed by atoms with van der Waals surface area (Å²) in [4.78, 5) is 54.0. The number of rotatable bonds is 12. The summed E-state index contributed by atoms with van der Waals surface area (Å²) in [5.74, 6) is -5.26. The average Bonchev–Trinajstić information content (AvgIpc) is 3.93. The number of anilines is 1. The van der Waals surface area contributed by atoms with E-state index in [-0.39, 0.29) is 38.0 Å². The van der Waals surface area contributed by atoms with Gasteiger partial charge >= 0.3 is 17.9 Å². The fraction of sp³-hybridized carbons (Fsp3) is 0.612. The monoisotopic (exact) mass is 920 g/mol. The van der Waals surface area contributed by atoms with E-state index in [2.05, 4.69) is 20.9 Å². The molecule has 352 valence electrons. The fourth-order valence-electron chi connectivity index (χ4n) is 13.8. The van der Waals surface area contributed by atoms with Gasteiger partial charge < -0.3 is 39.0 Å². The number of thioether (sulfide) groups is 1. The second kappa shape index (κ2) is 16.5. The smallest absolute Gasteiger partial charge is 0.344 e. The SMILES string of the molecule is CC[C@]12C=CCN3CC[C@@]4(c5cc([C@@]6(C(=O)OC)CC7CC(C(C)(F)F)CN(Cc8c6[nH]c6ccc(SCCCCO)cc86)C7)c(OC)cc5N(C)C4[C@@](O)(C(=O)OC)[C@@H]1OC(C)=O)C32. The van der Waals surface area contributed by atoms with Crippen LogP contribution in [0.25, 0.3) is 10.9 Å². The first-order chi connectivity index (χ1) is 31.0. The van der Waals surface area contributed by atoms with Gasteiger partial charge in [-0.15, -0.1) is 11.8 Å². The first-order valence-electron chi connectivity index (χ1n) is 22.9. The lowest BCUT2D eigenvalue weighted by atomic mass is 9.47. The van der Waals surface area contributed by atoms with E-state index >= 15 is 13.6 Å². The lowest BCUT2D eigenvalue weighted by Crippen LogP contribution is -2.81. The Morgan fingerprint density at radius 1 is 1.03 bits per heavy atom. The Bertz CT molecular complexity index is 2420. The van der Waals surface area contributed by atoms with Crippen molar-refractivity contribution in [2.45, 2.75) is 111 Å². The van der Waals surface area contributed by atoms with E-state index in [4.69, 9.17) is 18.9 Å². The summed E-state index contributed by atoms with van der Waals surface area (Å²) >= 11 is 1.68. The maximum absolute atomic E-state index is 15.5. The molecule has 0 amide bonds. The van der Waals surface area contributed by atoms with Gasteiger partial charge in [0.1, 0.15) is 11.2 Å². The third-order valence-electron chi connectivity index (χ3n) is 16.2. The quantitative estimate of drug-likeness (QED) is 0.0647. The van der Waals surface area contributed by atoms with Crippen LogP contribution in [0.1, 0.15) is 81.7 Å². The summed E-state index contributed by atoms with van der Waals surface area (Å²) in [5, 5.41) is 23.6. The maximum Gasteiger partial charge on any atom is 0.344 e. The molecule has 1 aliphatic carbocycles. The van der Waals surface area contributed by atoms with E-state index in [9.17, 15) is 19.8 Å². The zero-order valence-electron chi connectivity index (χ0n) is 38.4. The van der Waals surface area contributed by atoms with E-state index < -0.39 is 63.7 Å². The van der Waals surface area contributed by atoms with E-state index in [1.165, 1.54) is 28.3 Å². The molecule has 13 nitrogen and oxygen atoms in total. The van der Waals surface area contributed by atoms with Crippen molar-refractivity contribution in [1.29, 1.82) is 0 Å². The van der Waals surface area contributed by atoms with Crippen molar-refractivity contribution < 1.29 is 52.3 Å². The number of methoxy groups -OCH3 is 3. The van der Waals surface area contributed by atoms with Crippen LogP contribution in [0.5, 0.6) is 5.75 Å². The number of ether oxygens (including phenoxy) is 4. The van der Waals surface area contributed by atoms with Crippen molar-refractivity contribution in [3.8, 4) is 5.75 Å². The molecule has 1 saturated carbocycles. The largest absolute Gasteiger partial charge is 0.496 e. The standard InChI is InChI=1S/C49H62F2N4O9S/c1-8-46-14-11-16-55-17-15-47(40(46)55)34-22-35(38(61-5)23-37(34)53(4)41(47)49(60,44(59)63-7)42(46)64-28(2)57)48(43(58)62-6)24-29-20-30(45(3,50)51)26-54(25-29)27-33-32-21-31(65-19-10-9-18-56)12-13-36(32)52-39(33)48/h11-14,21-23,29-30,40-42,52,56,60H,8-10,15-20,24-27H2,1-7H3/t29?,30?,40?,41?,42-,46-,47-,48+,49+/m1/s1. The van der Waals surface area contributed by atoms with Crippen molar-refractivity contribution in [3.05, 3.63) is 64.9 Å². The predicted octanol–water partition coefficient (Wildman–Crippen LogP) is 5.94. The van der Waals surface area contributed by atoms with E-state index in [1.54, 1.807) is 11.8 Å². The maximum atomic E-state index is 15.5. The Morgan fingerprint density at radius 3 is 2.48 bits per heavy atom.